The minimum absolute atomic E-state index is 0.0487. The van der Waals surface area contributed by atoms with Crippen molar-refractivity contribution in [1.82, 2.24) is 4.98 Å². The molecule has 1 rings (SSSR count). The number of aliphatic hydroxyl groups is 1. The first-order valence-electron chi connectivity index (χ1n) is 3.73. The van der Waals surface area contributed by atoms with Gasteiger partial charge in [0.25, 0.3) is 6.43 Å². The SMILES string of the molecule is OCc1c(Br)ncc(CCl)c1C(F)F. The standard InChI is InChI=1S/C8H7BrClF2NO/c9-7-5(3-14)6(8(11)12)4(1-10)2-13-7/h2,8,14H,1,3H2. The van der Waals surface area contributed by atoms with E-state index in [0.717, 1.165) is 0 Å². The van der Waals surface area contributed by atoms with Gasteiger partial charge in [0.15, 0.2) is 0 Å². The number of aliphatic hydroxyl groups excluding tert-OH is 1. The lowest BCUT2D eigenvalue weighted by molar-refractivity contribution is 0.146. The molecule has 2 nitrogen and oxygen atoms in total. The fraction of sp³-hybridized carbons (Fsp3) is 0.375. The number of hydrogen-bond donors (Lipinski definition) is 1. The van der Waals surface area contributed by atoms with Gasteiger partial charge in [-0.15, -0.1) is 11.6 Å². The molecule has 0 aliphatic rings. The maximum atomic E-state index is 12.6. The second-order valence-corrected chi connectivity index (χ2v) is 3.58. The normalized spacial score (nSPS) is 11.0. The molecule has 78 valence electrons. The summed E-state index contributed by atoms with van der Waals surface area (Å²) in [4.78, 5) is 3.80. The molecule has 0 atom stereocenters. The van der Waals surface area contributed by atoms with Crippen molar-refractivity contribution >= 4 is 27.5 Å². The van der Waals surface area contributed by atoms with Crippen molar-refractivity contribution in [2.24, 2.45) is 0 Å². The number of alkyl halides is 3. The third-order valence-electron chi connectivity index (χ3n) is 1.77. The van der Waals surface area contributed by atoms with Crippen molar-refractivity contribution in [3.63, 3.8) is 0 Å². The summed E-state index contributed by atoms with van der Waals surface area (Å²) in [5, 5.41) is 8.92. The smallest absolute Gasteiger partial charge is 0.264 e. The molecule has 0 aliphatic heterocycles. The molecule has 6 heteroatoms. The average Bonchev–Trinajstić information content (AvgIpc) is 2.17. The molecule has 0 unspecified atom stereocenters. The van der Waals surface area contributed by atoms with E-state index in [9.17, 15) is 8.78 Å². The molecule has 0 radical (unpaired) electrons. The molecule has 1 heterocycles. The van der Waals surface area contributed by atoms with Crippen LogP contribution in [0, 0.1) is 0 Å². The second kappa shape index (κ2) is 5.00. The highest BCUT2D eigenvalue weighted by atomic mass is 79.9. The highest BCUT2D eigenvalue weighted by Gasteiger charge is 2.19. The van der Waals surface area contributed by atoms with Crippen LogP contribution < -0.4 is 0 Å². The first-order valence-corrected chi connectivity index (χ1v) is 5.05. The summed E-state index contributed by atoms with van der Waals surface area (Å²) in [7, 11) is 0. The fourth-order valence-electron chi connectivity index (χ4n) is 1.12. The maximum Gasteiger partial charge on any atom is 0.264 e. The van der Waals surface area contributed by atoms with E-state index in [1.807, 2.05) is 0 Å². The van der Waals surface area contributed by atoms with Crippen LogP contribution in [0.2, 0.25) is 0 Å². The van der Waals surface area contributed by atoms with Crippen LogP contribution in [-0.4, -0.2) is 10.1 Å². The van der Waals surface area contributed by atoms with Crippen LogP contribution in [0.25, 0.3) is 0 Å². The molecule has 14 heavy (non-hydrogen) atoms. The van der Waals surface area contributed by atoms with E-state index in [1.165, 1.54) is 6.20 Å². The van der Waals surface area contributed by atoms with Crippen molar-refractivity contribution in [3.8, 4) is 0 Å². The van der Waals surface area contributed by atoms with Crippen LogP contribution >= 0.6 is 27.5 Å². The Morgan fingerprint density at radius 2 is 2.21 bits per heavy atom. The largest absolute Gasteiger partial charge is 0.392 e. The number of rotatable bonds is 3. The molecule has 1 aromatic heterocycles. The molecule has 0 aliphatic carbocycles. The maximum absolute atomic E-state index is 12.6. The lowest BCUT2D eigenvalue weighted by Gasteiger charge is -2.11. The van der Waals surface area contributed by atoms with Gasteiger partial charge in [0.2, 0.25) is 0 Å². The zero-order valence-electron chi connectivity index (χ0n) is 6.98. The van der Waals surface area contributed by atoms with Crippen LogP contribution in [0.15, 0.2) is 10.8 Å². The van der Waals surface area contributed by atoms with Gasteiger partial charge in [-0.05, 0) is 21.5 Å². The van der Waals surface area contributed by atoms with E-state index in [1.54, 1.807) is 0 Å². The Labute approximate surface area is 93.0 Å². The highest BCUT2D eigenvalue weighted by Crippen LogP contribution is 2.31. The number of halogens is 4. The van der Waals surface area contributed by atoms with E-state index in [0.29, 0.717) is 0 Å². The van der Waals surface area contributed by atoms with Crippen molar-refractivity contribution in [1.29, 1.82) is 0 Å². The summed E-state index contributed by atoms with van der Waals surface area (Å²) < 4.78 is 25.5. The van der Waals surface area contributed by atoms with Gasteiger partial charge in [-0.1, -0.05) is 0 Å². The second-order valence-electron chi connectivity index (χ2n) is 2.56. The van der Waals surface area contributed by atoms with E-state index < -0.39 is 13.0 Å². The van der Waals surface area contributed by atoms with Gasteiger partial charge in [-0.25, -0.2) is 13.8 Å². The summed E-state index contributed by atoms with van der Waals surface area (Å²) in [5.41, 5.74) is 0.108. The zero-order chi connectivity index (χ0) is 10.7. The van der Waals surface area contributed by atoms with Crippen LogP contribution in [-0.2, 0) is 12.5 Å². The number of aromatic nitrogens is 1. The molecule has 0 bridgehead atoms. The summed E-state index contributed by atoms with van der Waals surface area (Å²) in [6.45, 7) is -0.488. The quantitative estimate of drug-likeness (QED) is 0.684. The molecule has 0 saturated carbocycles. The van der Waals surface area contributed by atoms with Gasteiger partial charge < -0.3 is 5.11 Å². The van der Waals surface area contributed by atoms with E-state index >= 15 is 0 Å². The summed E-state index contributed by atoms with van der Waals surface area (Å²) in [5.74, 6) is -0.0487. The molecular weight excluding hydrogens is 279 g/mol. The number of pyridine rings is 1. The Morgan fingerprint density at radius 1 is 1.57 bits per heavy atom. The minimum Gasteiger partial charge on any atom is -0.392 e. The predicted molar refractivity (Wildman–Crippen MR) is 52.4 cm³/mol. The van der Waals surface area contributed by atoms with Crippen molar-refractivity contribution < 1.29 is 13.9 Å². The number of hydrogen-bond acceptors (Lipinski definition) is 2. The molecule has 0 spiro atoms. The Hall–Kier alpha value is -0.260. The molecule has 0 saturated heterocycles. The monoisotopic (exact) mass is 285 g/mol. The lowest BCUT2D eigenvalue weighted by atomic mass is 10.1. The van der Waals surface area contributed by atoms with Gasteiger partial charge in [0, 0.05) is 23.2 Å². The Bertz CT molecular complexity index is 335. The Kier molecular flexibility index (Phi) is 4.22. The first-order chi connectivity index (χ1) is 6.61. The van der Waals surface area contributed by atoms with Crippen LogP contribution in [0.1, 0.15) is 23.1 Å². The van der Waals surface area contributed by atoms with E-state index in [-0.39, 0.29) is 27.2 Å². The Balaban J connectivity index is 3.36. The van der Waals surface area contributed by atoms with Crippen molar-refractivity contribution in [2.75, 3.05) is 0 Å². The van der Waals surface area contributed by atoms with Crippen molar-refractivity contribution in [3.05, 3.63) is 27.5 Å². The summed E-state index contributed by atoms with van der Waals surface area (Å²) in [6.07, 6.45) is -1.39. The molecular formula is C8H7BrClF2NO. The van der Waals surface area contributed by atoms with Gasteiger partial charge in [0.1, 0.15) is 4.60 Å². The molecule has 1 aromatic rings. The summed E-state index contributed by atoms with van der Waals surface area (Å²) >= 11 is 8.48. The molecule has 0 amide bonds. The molecule has 1 N–H and O–H groups in total. The number of nitrogens with zero attached hydrogens (tertiary/aromatic N) is 1. The first kappa shape index (κ1) is 11.8. The Morgan fingerprint density at radius 3 is 2.64 bits per heavy atom. The minimum atomic E-state index is -2.66. The third kappa shape index (κ3) is 2.21. The van der Waals surface area contributed by atoms with Gasteiger partial charge >= 0.3 is 0 Å². The topological polar surface area (TPSA) is 33.1 Å². The van der Waals surface area contributed by atoms with Crippen LogP contribution in [0.5, 0.6) is 0 Å². The van der Waals surface area contributed by atoms with Crippen LogP contribution in [0.4, 0.5) is 8.78 Å². The van der Waals surface area contributed by atoms with E-state index in [4.69, 9.17) is 16.7 Å². The zero-order valence-corrected chi connectivity index (χ0v) is 9.32. The summed E-state index contributed by atoms with van der Waals surface area (Å²) in [6, 6.07) is 0. The lowest BCUT2D eigenvalue weighted by Crippen LogP contribution is -2.02. The highest BCUT2D eigenvalue weighted by molar-refractivity contribution is 9.10. The van der Waals surface area contributed by atoms with Crippen molar-refractivity contribution in [2.45, 2.75) is 18.9 Å². The fourth-order valence-corrected chi connectivity index (χ4v) is 1.77. The molecule has 0 fully saturated rings. The average molecular weight is 287 g/mol. The predicted octanol–water partition coefficient (Wildman–Crippen LogP) is 3.01. The van der Waals surface area contributed by atoms with E-state index in [2.05, 4.69) is 20.9 Å². The molecule has 0 aromatic carbocycles. The van der Waals surface area contributed by atoms with Gasteiger partial charge in [0.05, 0.1) is 6.61 Å². The van der Waals surface area contributed by atoms with Gasteiger partial charge in [-0.2, -0.15) is 0 Å². The van der Waals surface area contributed by atoms with Crippen LogP contribution in [0.3, 0.4) is 0 Å². The van der Waals surface area contributed by atoms with Gasteiger partial charge in [-0.3, -0.25) is 0 Å². The third-order valence-corrected chi connectivity index (χ3v) is 2.75.